The molecule has 0 unspecified atom stereocenters. The molecule has 0 spiro atoms. The fourth-order valence-electron chi connectivity index (χ4n) is 3.63. The minimum atomic E-state index is 0.108. The van der Waals surface area contributed by atoms with Crippen LogP contribution in [0.25, 0.3) is 16.3 Å². The lowest BCUT2D eigenvalue weighted by Crippen LogP contribution is -2.16. The van der Waals surface area contributed by atoms with Crippen molar-refractivity contribution < 1.29 is 0 Å². The highest BCUT2D eigenvalue weighted by molar-refractivity contribution is 8.03. The normalized spacial score (nSPS) is 14.0. The van der Waals surface area contributed by atoms with Crippen molar-refractivity contribution in [3.63, 3.8) is 0 Å². The molecule has 4 heteroatoms. The number of fused-ring (bicyclic) bond motifs is 3. The van der Waals surface area contributed by atoms with Gasteiger partial charge in [-0.25, -0.2) is 0 Å². The van der Waals surface area contributed by atoms with Gasteiger partial charge in [-0.15, -0.1) is 0 Å². The number of allylic oxidation sites excluding steroid dienone is 5. The Morgan fingerprint density at radius 2 is 1.70 bits per heavy atom. The smallest absolute Gasteiger partial charge is 0.137 e. The maximum atomic E-state index is 9.38. The number of thioether (sulfide) groups is 1. The summed E-state index contributed by atoms with van der Waals surface area (Å²) in [5, 5.41) is 22.4. The van der Waals surface area contributed by atoms with Crippen molar-refractivity contribution in [3.05, 3.63) is 101 Å². The van der Waals surface area contributed by atoms with Crippen molar-refractivity contribution in [3.8, 4) is 12.1 Å². The lowest BCUT2D eigenvalue weighted by molar-refractivity contribution is 1.01. The Morgan fingerprint density at radius 1 is 0.967 bits per heavy atom. The second kappa shape index (κ2) is 8.74. The Balaban J connectivity index is 1.72. The summed E-state index contributed by atoms with van der Waals surface area (Å²) in [6.07, 6.45) is 5.83. The van der Waals surface area contributed by atoms with E-state index in [2.05, 4.69) is 54.3 Å². The minimum Gasteiger partial charge on any atom is -0.335 e. The molecule has 0 fully saturated rings. The summed E-state index contributed by atoms with van der Waals surface area (Å²) in [6, 6.07) is 26.3. The molecule has 144 valence electrons. The summed E-state index contributed by atoms with van der Waals surface area (Å²) in [6.45, 7) is 3.00. The molecule has 3 aromatic rings. The Labute approximate surface area is 180 Å². The van der Waals surface area contributed by atoms with Crippen LogP contribution in [0.5, 0.6) is 0 Å². The van der Waals surface area contributed by atoms with E-state index in [1.165, 1.54) is 21.4 Å². The van der Waals surface area contributed by atoms with Gasteiger partial charge >= 0.3 is 0 Å². The predicted octanol–water partition coefficient (Wildman–Crippen LogP) is 6.67. The number of nitrogens with zero attached hydrogens (tertiary/aromatic N) is 3. The fourth-order valence-corrected chi connectivity index (χ4v) is 4.78. The van der Waals surface area contributed by atoms with Crippen LogP contribution in [0.4, 0.5) is 5.69 Å². The minimum absolute atomic E-state index is 0.108. The standard InChI is InChI=1S/C26H19N3S/c1-2-29-25(30-24-16-15-20-11-6-7-12-23(20)26(24)29)14-8-13-22(21(17-27)18-28)19-9-4-3-5-10-19/h3-16H,2H2,1H3. The molecule has 0 aromatic heterocycles. The second-order valence-electron chi connectivity index (χ2n) is 6.72. The molecule has 1 aliphatic rings. The monoisotopic (exact) mass is 405 g/mol. The van der Waals surface area contributed by atoms with E-state index in [1.54, 1.807) is 11.8 Å². The highest BCUT2D eigenvalue weighted by Crippen LogP contribution is 2.49. The Hall–Kier alpha value is -3.73. The van der Waals surface area contributed by atoms with Crippen molar-refractivity contribution in [2.24, 2.45) is 0 Å². The van der Waals surface area contributed by atoms with Gasteiger partial charge in [-0.2, -0.15) is 10.5 Å². The summed E-state index contributed by atoms with van der Waals surface area (Å²) in [7, 11) is 0. The van der Waals surface area contributed by atoms with Gasteiger partial charge in [0.1, 0.15) is 17.7 Å². The average Bonchev–Trinajstić information content (AvgIpc) is 3.17. The molecule has 30 heavy (non-hydrogen) atoms. The number of benzene rings is 3. The van der Waals surface area contributed by atoms with Gasteiger partial charge in [0.05, 0.1) is 10.7 Å². The molecular formula is C26H19N3S. The summed E-state index contributed by atoms with van der Waals surface area (Å²) in [5.74, 6) is 0. The highest BCUT2D eigenvalue weighted by Gasteiger charge is 2.25. The van der Waals surface area contributed by atoms with Gasteiger partial charge < -0.3 is 4.90 Å². The molecule has 0 bridgehead atoms. The first-order chi connectivity index (χ1) is 14.8. The van der Waals surface area contributed by atoms with Crippen LogP contribution >= 0.6 is 11.8 Å². The zero-order valence-electron chi connectivity index (χ0n) is 16.5. The highest BCUT2D eigenvalue weighted by atomic mass is 32.2. The second-order valence-corrected chi connectivity index (χ2v) is 7.78. The van der Waals surface area contributed by atoms with Crippen LogP contribution in [0.3, 0.4) is 0 Å². The van der Waals surface area contributed by atoms with Gasteiger partial charge in [0.2, 0.25) is 0 Å². The molecule has 0 amide bonds. The Morgan fingerprint density at radius 3 is 2.43 bits per heavy atom. The quantitative estimate of drug-likeness (QED) is 0.359. The van der Waals surface area contributed by atoms with E-state index in [0.717, 1.165) is 17.1 Å². The molecule has 0 saturated carbocycles. The maximum absolute atomic E-state index is 9.38. The summed E-state index contributed by atoms with van der Waals surface area (Å²) < 4.78 is 0. The molecule has 0 radical (unpaired) electrons. The van der Waals surface area contributed by atoms with E-state index < -0.39 is 0 Å². The van der Waals surface area contributed by atoms with E-state index in [0.29, 0.717) is 5.57 Å². The van der Waals surface area contributed by atoms with E-state index in [9.17, 15) is 10.5 Å². The molecule has 0 aliphatic carbocycles. The molecule has 0 N–H and O–H groups in total. The number of rotatable bonds is 4. The Bertz CT molecular complexity index is 1260. The van der Waals surface area contributed by atoms with Gasteiger partial charge in [0.25, 0.3) is 0 Å². The van der Waals surface area contributed by atoms with Crippen molar-refractivity contribution in [1.82, 2.24) is 0 Å². The van der Waals surface area contributed by atoms with Crippen molar-refractivity contribution in [1.29, 1.82) is 10.5 Å². The first kappa shape index (κ1) is 19.6. The number of anilines is 1. The number of hydrogen-bond acceptors (Lipinski definition) is 4. The first-order valence-electron chi connectivity index (χ1n) is 9.72. The van der Waals surface area contributed by atoms with Crippen LogP contribution in [-0.2, 0) is 0 Å². The first-order valence-corrected chi connectivity index (χ1v) is 10.5. The third-order valence-electron chi connectivity index (χ3n) is 5.01. The lowest BCUT2D eigenvalue weighted by atomic mass is 10.0. The molecule has 0 atom stereocenters. The zero-order valence-corrected chi connectivity index (χ0v) is 17.4. The average molecular weight is 406 g/mol. The summed E-state index contributed by atoms with van der Waals surface area (Å²) in [5.41, 5.74) is 2.84. The van der Waals surface area contributed by atoms with Crippen LogP contribution in [-0.4, -0.2) is 6.54 Å². The van der Waals surface area contributed by atoms with E-state index in [4.69, 9.17) is 0 Å². The third kappa shape index (κ3) is 3.62. The lowest BCUT2D eigenvalue weighted by Gasteiger charge is -2.19. The van der Waals surface area contributed by atoms with E-state index >= 15 is 0 Å². The number of hydrogen-bond donors (Lipinski definition) is 0. The van der Waals surface area contributed by atoms with Gasteiger partial charge in [-0.05, 0) is 30.0 Å². The van der Waals surface area contributed by atoms with Crippen LogP contribution in [0, 0.1) is 22.7 Å². The van der Waals surface area contributed by atoms with Gasteiger partial charge in [-0.1, -0.05) is 84.6 Å². The molecule has 4 rings (SSSR count). The SMILES string of the molecule is CCN1C(=CC=CC(=C(C#N)C#N)c2ccccc2)Sc2ccc3ccccc3c21. The molecule has 1 heterocycles. The fraction of sp³-hybridized carbons (Fsp3) is 0.0769. The maximum Gasteiger partial charge on any atom is 0.137 e. The molecule has 1 aliphatic heterocycles. The summed E-state index contributed by atoms with van der Waals surface area (Å²) >= 11 is 1.74. The van der Waals surface area contributed by atoms with Crippen LogP contribution in [0.2, 0.25) is 0 Å². The topological polar surface area (TPSA) is 50.8 Å². The van der Waals surface area contributed by atoms with Crippen molar-refractivity contribution >= 4 is 33.8 Å². The molecule has 3 aromatic carbocycles. The largest absolute Gasteiger partial charge is 0.335 e. The van der Waals surface area contributed by atoms with E-state index in [-0.39, 0.29) is 5.57 Å². The van der Waals surface area contributed by atoms with Crippen LogP contribution in [0.1, 0.15) is 12.5 Å². The number of nitriles is 2. The predicted molar refractivity (Wildman–Crippen MR) is 125 cm³/mol. The van der Waals surface area contributed by atoms with Crippen LogP contribution < -0.4 is 4.90 Å². The van der Waals surface area contributed by atoms with Crippen LogP contribution in [0.15, 0.2) is 100 Å². The van der Waals surface area contributed by atoms with Gasteiger partial charge in [0, 0.05) is 22.4 Å². The van der Waals surface area contributed by atoms with Gasteiger partial charge in [-0.3, -0.25) is 0 Å². The molecule has 3 nitrogen and oxygen atoms in total. The van der Waals surface area contributed by atoms with Crippen molar-refractivity contribution in [2.75, 3.05) is 11.4 Å². The molecule has 0 saturated heterocycles. The van der Waals surface area contributed by atoms with Gasteiger partial charge in [0.15, 0.2) is 0 Å². The van der Waals surface area contributed by atoms with Crippen molar-refractivity contribution in [2.45, 2.75) is 11.8 Å². The Kier molecular flexibility index (Phi) is 5.70. The third-order valence-corrected chi connectivity index (χ3v) is 6.12. The molecular weight excluding hydrogens is 386 g/mol. The zero-order chi connectivity index (χ0) is 20.9. The van der Waals surface area contributed by atoms with E-state index in [1.807, 2.05) is 54.6 Å². The summed E-state index contributed by atoms with van der Waals surface area (Å²) in [4.78, 5) is 3.55.